The molecule has 34 heavy (non-hydrogen) atoms. The number of aromatic nitrogens is 2. The molecule has 3 aromatic rings. The molecule has 0 saturated carbocycles. The maximum absolute atomic E-state index is 13.9. The Morgan fingerprint density at radius 1 is 1.15 bits per heavy atom. The number of nitrogens with zero attached hydrogens (tertiary/aromatic N) is 3. The van der Waals surface area contributed by atoms with Gasteiger partial charge in [-0.3, -0.25) is 19.5 Å². The van der Waals surface area contributed by atoms with Crippen molar-refractivity contribution in [2.45, 2.75) is 31.7 Å². The van der Waals surface area contributed by atoms with E-state index in [2.05, 4.69) is 45.4 Å². The van der Waals surface area contributed by atoms with Crippen molar-refractivity contribution in [3.8, 4) is 0 Å². The van der Waals surface area contributed by atoms with E-state index in [0.29, 0.717) is 25.3 Å². The highest BCUT2D eigenvalue weighted by molar-refractivity contribution is 6.30. The topological polar surface area (TPSA) is 87.2 Å². The van der Waals surface area contributed by atoms with Crippen LogP contribution in [0.25, 0.3) is 0 Å². The molecule has 1 saturated heterocycles. The Balaban J connectivity index is 1.68. The van der Waals surface area contributed by atoms with Crippen LogP contribution >= 0.6 is 11.6 Å². The highest BCUT2D eigenvalue weighted by atomic mass is 35.5. The molecular weight excluding hydrogens is 450 g/mol. The Morgan fingerprint density at radius 2 is 1.91 bits per heavy atom. The summed E-state index contributed by atoms with van der Waals surface area (Å²) in [5.74, 6) is -0.257. The summed E-state index contributed by atoms with van der Waals surface area (Å²) in [6.45, 7) is 6.06. The van der Waals surface area contributed by atoms with E-state index in [1.165, 1.54) is 19.3 Å². The third-order valence-corrected chi connectivity index (χ3v) is 6.45. The van der Waals surface area contributed by atoms with Gasteiger partial charge in [0.25, 0.3) is 5.91 Å². The first-order valence-corrected chi connectivity index (χ1v) is 11.6. The van der Waals surface area contributed by atoms with Crippen molar-refractivity contribution in [3.63, 3.8) is 0 Å². The highest BCUT2D eigenvalue weighted by Gasteiger charge is 2.51. The molecule has 1 fully saturated rings. The lowest BCUT2D eigenvalue weighted by Gasteiger charge is -2.50. The largest absolute Gasteiger partial charge is 0.355 e. The van der Waals surface area contributed by atoms with Gasteiger partial charge in [-0.25, -0.2) is 4.98 Å². The third kappa shape index (κ3) is 4.67. The number of likely N-dealkylation sites (tertiary alicyclic amines) is 1. The van der Waals surface area contributed by atoms with Crippen LogP contribution in [0.15, 0.2) is 61.1 Å². The van der Waals surface area contributed by atoms with E-state index < -0.39 is 5.41 Å². The molecule has 0 aliphatic carbocycles. The number of benzene rings is 1. The van der Waals surface area contributed by atoms with Crippen molar-refractivity contribution < 1.29 is 9.59 Å². The molecule has 0 atom stereocenters. The van der Waals surface area contributed by atoms with Gasteiger partial charge >= 0.3 is 0 Å². The molecule has 0 unspecified atom stereocenters. The van der Waals surface area contributed by atoms with Gasteiger partial charge in [-0.05, 0) is 34.7 Å². The molecule has 2 aromatic heterocycles. The van der Waals surface area contributed by atoms with Crippen LogP contribution in [-0.4, -0.2) is 46.8 Å². The number of pyridine rings is 2. The van der Waals surface area contributed by atoms with Crippen molar-refractivity contribution >= 4 is 29.1 Å². The monoisotopic (exact) mass is 477 g/mol. The fourth-order valence-corrected chi connectivity index (χ4v) is 4.70. The van der Waals surface area contributed by atoms with E-state index in [1.54, 1.807) is 6.20 Å². The average Bonchev–Trinajstić information content (AvgIpc) is 2.82. The molecule has 176 valence electrons. The normalized spacial score (nSPS) is 15.0. The zero-order valence-corrected chi connectivity index (χ0v) is 20.3. The molecule has 2 N–H and O–H groups in total. The van der Waals surface area contributed by atoms with Crippen LogP contribution in [0.5, 0.6) is 0 Å². The van der Waals surface area contributed by atoms with Gasteiger partial charge in [0, 0.05) is 39.1 Å². The molecule has 1 aromatic carbocycles. The Labute approximate surface area is 204 Å². The summed E-state index contributed by atoms with van der Waals surface area (Å²) in [6.07, 6.45) is 5.02. The number of carbonyl (C=O) groups is 2. The lowest BCUT2D eigenvalue weighted by Crippen LogP contribution is -2.64. The van der Waals surface area contributed by atoms with Crippen LogP contribution in [0.2, 0.25) is 5.15 Å². The first-order chi connectivity index (χ1) is 16.3. The fourth-order valence-electron chi connectivity index (χ4n) is 4.55. The van der Waals surface area contributed by atoms with E-state index in [0.717, 1.165) is 16.7 Å². The SMILES string of the molecule is CNC(=O)c1cc(Cl)ncc1NC(=O)C1(c2ccccc2C(C)C)CN(Cc2cccnc2)C1. The summed E-state index contributed by atoms with van der Waals surface area (Å²) in [5.41, 5.74) is 3.09. The summed E-state index contributed by atoms with van der Waals surface area (Å²) in [5, 5.41) is 5.76. The number of amides is 2. The highest BCUT2D eigenvalue weighted by Crippen LogP contribution is 2.40. The lowest BCUT2D eigenvalue weighted by atomic mass is 9.69. The van der Waals surface area contributed by atoms with Crippen LogP contribution in [0.1, 0.15) is 46.8 Å². The predicted molar refractivity (Wildman–Crippen MR) is 133 cm³/mol. The standard InChI is InChI=1S/C26H28ClN5O2/c1-17(2)19-8-4-5-9-21(19)26(15-32(16-26)14-18-7-6-10-29-12-18)25(34)31-22-13-30-23(27)11-20(22)24(33)28-3/h4-13,17H,14-16H2,1-3H3,(H,28,33)(H,31,34). The Morgan fingerprint density at radius 3 is 2.59 bits per heavy atom. The molecule has 0 radical (unpaired) electrons. The molecule has 0 spiro atoms. The lowest BCUT2D eigenvalue weighted by molar-refractivity contribution is -0.128. The number of carbonyl (C=O) groups excluding carboxylic acids is 2. The van der Waals surface area contributed by atoms with Gasteiger partial charge < -0.3 is 10.6 Å². The zero-order valence-electron chi connectivity index (χ0n) is 19.5. The van der Waals surface area contributed by atoms with Crippen LogP contribution in [0.3, 0.4) is 0 Å². The molecule has 3 heterocycles. The second kappa shape index (κ2) is 9.91. The van der Waals surface area contributed by atoms with Crippen molar-refractivity contribution in [1.82, 2.24) is 20.2 Å². The van der Waals surface area contributed by atoms with Gasteiger partial charge in [-0.2, -0.15) is 0 Å². The van der Waals surface area contributed by atoms with E-state index >= 15 is 0 Å². The summed E-state index contributed by atoms with van der Waals surface area (Å²) in [6, 6.07) is 13.5. The van der Waals surface area contributed by atoms with E-state index in [9.17, 15) is 9.59 Å². The van der Waals surface area contributed by atoms with E-state index in [4.69, 9.17) is 11.6 Å². The van der Waals surface area contributed by atoms with Gasteiger partial charge in [0.15, 0.2) is 0 Å². The second-order valence-corrected chi connectivity index (χ2v) is 9.30. The number of rotatable bonds is 7. The molecule has 7 nitrogen and oxygen atoms in total. The quantitative estimate of drug-likeness (QED) is 0.502. The number of nitrogens with one attached hydrogen (secondary N) is 2. The summed E-state index contributed by atoms with van der Waals surface area (Å²) < 4.78 is 0. The first kappa shape index (κ1) is 23.9. The molecule has 8 heteroatoms. The van der Waals surface area contributed by atoms with E-state index in [-0.39, 0.29) is 28.4 Å². The van der Waals surface area contributed by atoms with Gasteiger partial charge in [0.2, 0.25) is 5.91 Å². The maximum atomic E-state index is 13.9. The number of hydrogen-bond donors (Lipinski definition) is 2. The Bertz CT molecular complexity index is 1190. The minimum absolute atomic E-state index is 0.169. The Kier molecular flexibility index (Phi) is 6.95. The Hall–Kier alpha value is -3.29. The van der Waals surface area contributed by atoms with Crippen LogP contribution in [-0.2, 0) is 16.8 Å². The smallest absolute Gasteiger partial charge is 0.253 e. The van der Waals surface area contributed by atoms with Crippen molar-refractivity contribution in [3.05, 3.63) is 88.5 Å². The van der Waals surface area contributed by atoms with Gasteiger partial charge in [0.1, 0.15) is 5.15 Å². The van der Waals surface area contributed by atoms with Crippen molar-refractivity contribution in [2.75, 3.05) is 25.5 Å². The van der Waals surface area contributed by atoms with Crippen LogP contribution < -0.4 is 10.6 Å². The molecule has 1 aliphatic heterocycles. The van der Waals surface area contributed by atoms with Crippen molar-refractivity contribution in [2.24, 2.45) is 0 Å². The molecular formula is C26H28ClN5O2. The maximum Gasteiger partial charge on any atom is 0.253 e. The molecule has 2 amide bonds. The fraction of sp³-hybridized carbons (Fsp3) is 0.308. The molecule has 0 bridgehead atoms. The average molecular weight is 478 g/mol. The van der Waals surface area contributed by atoms with Crippen LogP contribution in [0, 0.1) is 0 Å². The summed E-state index contributed by atoms with van der Waals surface area (Å²) in [7, 11) is 1.53. The van der Waals surface area contributed by atoms with Crippen LogP contribution in [0.4, 0.5) is 5.69 Å². The number of halogens is 1. The minimum atomic E-state index is -0.761. The minimum Gasteiger partial charge on any atom is -0.355 e. The van der Waals surface area contributed by atoms with Gasteiger partial charge in [0.05, 0.1) is 22.9 Å². The second-order valence-electron chi connectivity index (χ2n) is 8.92. The number of anilines is 1. The predicted octanol–water partition coefficient (Wildman–Crippen LogP) is 4.01. The summed E-state index contributed by atoms with van der Waals surface area (Å²) >= 11 is 6.01. The van der Waals surface area contributed by atoms with Gasteiger partial charge in [-0.1, -0.05) is 55.8 Å². The summed E-state index contributed by atoms with van der Waals surface area (Å²) in [4.78, 5) is 36.8. The molecule has 1 aliphatic rings. The molecule has 4 rings (SSSR count). The van der Waals surface area contributed by atoms with E-state index in [1.807, 2.05) is 36.5 Å². The first-order valence-electron chi connectivity index (χ1n) is 11.2. The van der Waals surface area contributed by atoms with Crippen molar-refractivity contribution in [1.29, 1.82) is 0 Å². The third-order valence-electron chi connectivity index (χ3n) is 6.24. The van der Waals surface area contributed by atoms with Gasteiger partial charge in [-0.15, -0.1) is 0 Å². The zero-order chi connectivity index (χ0) is 24.3. The number of hydrogen-bond acceptors (Lipinski definition) is 5.